The van der Waals surface area contributed by atoms with E-state index in [0.717, 1.165) is 10.6 Å². The van der Waals surface area contributed by atoms with Gasteiger partial charge in [-0.05, 0) is 42.2 Å². The summed E-state index contributed by atoms with van der Waals surface area (Å²) in [6.45, 7) is 0. The molecule has 22 heavy (non-hydrogen) atoms. The van der Waals surface area contributed by atoms with Crippen molar-refractivity contribution in [1.29, 1.82) is 0 Å². The molecule has 1 fully saturated rings. The van der Waals surface area contributed by atoms with Crippen molar-refractivity contribution in [3.63, 3.8) is 0 Å². The summed E-state index contributed by atoms with van der Waals surface area (Å²) in [5, 5.41) is 2.96. The van der Waals surface area contributed by atoms with Crippen LogP contribution in [0.1, 0.15) is 20.5 Å². The molecule has 0 radical (unpaired) electrons. The third kappa shape index (κ3) is 3.83. The van der Waals surface area contributed by atoms with E-state index >= 15 is 0 Å². The molecule has 2 aromatic rings. The van der Waals surface area contributed by atoms with Crippen molar-refractivity contribution < 1.29 is 4.79 Å². The third-order valence-electron chi connectivity index (χ3n) is 3.39. The summed E-state index contributed by atoms with van der Waals surface area (Å²) in [6.07, 6.45) is 2.03. The first-order valence-electron chi connectivity index (χ1n) is 7.05. The molecular weight excluding hydrogens is 330 g/mol. The van der Waals surface area contributed by atoms with Crippen LogP contribution in [0.2, 0.25) is 0 Å². The Morgan fingerprint density at radius 2 is 1.86 bits per heavy atom. The number of hydrogen-bond acceptors (Lipinski definition) is 4. The fourth-order valence-electron chi connectivity index (χ4n) is 2.25. The molecule has 5 heteroatoms. The Morgan fingerprint density at radius 1 is 1.14 bits per heavy atom. The molecule has 1 N–H and O–H groups in total. The van der Waals surface area contributed by atoms with Crippen LogP contribution < -0.4 is 5.32 Å². The molecule has 114 valence electrons. The average molecular weight is 348 g/mol. The van der Waals surface area contributed by atoms with Gasteiger partial charge in [-0.15, -0.1) is 35.3 Å². The molecule has 1 aliphatic heterocycles. The van der Waals surface area contributed by atoms with E-state index in [4.69, 9.17) is 0 Å². The molecule has 0 saturated carbocycles. The molecule has 1 heterocycles. The minimum atomic E-state index is -0.0588. The number of amides is 1. The standard InChI is InChI=1S/C17H17NOS3/c1-20-15-4-2-3-14(11-15)18-16(19)12-5-7-13(8-6-12)17-21-9-10-22-17/h2-8,11,17H,9-10H2,1H3,(H,18,19). The molecule has 0 aromatic heterocycles. The number of hydrogen-bond donors (Lipinski definition) is 1. The monoisotopic (exact) mass is 347 g/mol. The predicted molar refractivity (Wildman–Crippen MR) is 100 cm³/mol. The van der Waals surface area contributed by atoms with E-state index in [-0.39, 0.29) is 5.91 Å². The van der Waals surface area contributed by atoms with Gasteiger partial charge in [0.15, 0.2) is 0 Å². The molecule has 2 nitrogen and oxygen atoms in total. The summed E-state index contributed by atoms with van der Waals surface area (Å²) in [6, 6.07) is 15.9. The second-order valence-corrected chi connectivity index (χ2v) is 8.49. The van der Waals surface area contributed by atoms with Gasteiger partial charge in [0.25, 0.3) is 5.91 Å². The van der Waals surface area contributed by atoms with Gasteiger partial charge in [0.2, 0.25) is 0 Å². The van der Waals surface area contributed by atoms with Gasteiger partial charge < -0.3 is 5.32 Å². The van der Waals surface area contributed by atoms with Crippen molar-refractivity contribution in [3.05, 3.63) is 59.7 Å². The van der Waals surface area contributed by atoms with Crippen LogP contribution in [0.25, 0.3) is 0 Å². The molecule has 0 atom stereocenters. The van der Waals surface area contributed by atoms with Gasteiger partial charge in [-0.2, -0.15) is 0 Å². The number of anilines is 1. The smallest absolute Gasteiger partial charge is 0.255 e. The van der Waals surface area contributed by atoms with Crippen molar-refractivity contribution in [2.45, 2.75) is 9.48 Å². The number of nitrogens with one attached hydrogen (secondary N) is 1. The number of benzene rings is 2. The maximum Gasteiger partial charge on any atom is 0.255 e. The van der Waals surface area contributed by atoms with Crippen LogP contribution in [-0.2, 0) is 0 Å². The SMILES string of the molecule is CSc1cccc(NC(=O)c2ccc(C3SCCS3)cc2)c1. The molecular formula is C17H17NOS3. The topological polar surface area (TPSA) is 29.1 Å². The van der Waals surface area contributed by atoms with Crippen LogP contribution in [-0.4, -0.2) is 23.7 Å². The maximum atomic E-state index is 12.3. The summed E-state index contributed by atoms with van der Waals surface area (Å²) in [4.78, 5) is 13.5. The van der Waals surface area contributed by atoms with E-state index in [1.54, 1.807) is 11.8 Å². The van der Waals surface area contributed by atoms with Gasteiger partial charge in [-0.25, -0.2) is 0 Å². The zero-order chi connectivity index (χ0) is 15.4. The Balaban J connectivity index is 1.69. The first-order valence-corrected chi connectivity index (χ1v) is 10.4. The molecule has 2 aromatic carbocycles. The van der Waals surface area contributed by atoms with Crippen molar-refractivity contribution in [2.75, 3.05) is 23.1 Å². The van der Waals surface area contributed by atoms with Crippen molar-refractivity contribution in [1.82, 2.24) is 0 Å². The molecule has 0 unspecified atom stereocenters. The summed E-state index contributed by atoms with van der Waals surface area (Å²) >= 11 is 5.62. The zero-order valence-electron chi connectivity index (χ0n) is 12.2. The largest absolute Gasteiger partial charge is 0.322 e. The molecule has 0 aliphatic carbocycles. The van der Waals surface area contributed by atoms with Gasteiger partial charge in [-0.3, -0.25) is 4.79 Å². The number of carbonyl (C=O) groups excluding carboxylic acids is 1. The normalized spacial score (nSPS) is 15.0. The Morgan fingerprint density at radius 3 is 2.55 bits per heavy atom. The Bertz CT molecular complexity index is 651. The number of carbonyl (C=O) groups is 1. The van der Waals surface area contributed by atoms with Crippen LogP contribution in [0.15, 0.2) is 53.4 Å². The third-order valence-corrected chi connectivity index (χ3v) is 7.22. The molecule has 1 aliphatic rings. The predicted octanol–water partition coefficient (Wildman–Crippen LogP) is 5.14. The van der Waals surface area contributed by atoms with E-state index in [1.807, 2.05) is 66.2 Å². The summed E-state index contributed by atoms with van der Waals surface area (Å²) in [5.41, 5.74) is 2.84. The first-order chi connectivity index (χ1) is 10.8. The van der Waals surface area contributed by atoms with E-state index in [2.05, 4.69) is 17.4 Å². The van der Waals surface area contributed by atoms with Crippen molar-refractivity contribution in [3.8, 4) is 0 Å². The minimum absolute atomic E-state index is 0.0588. The van der Waals surface area contributed by atoms with Gasteiger partial charge >= 0.3 is 0 Å². The lowest BCUT2D eigenvalue weighted by Gasteiger charge is -2.10. The summed E-state index contributed by atoms with van der Waals surface area (Å²) < 4.78 is 0.523. The van der Waals surface area contributed by atoms with Gasteiger partial charge in [0.05, 0.1) is 4.58 Å². The molecule has 0 bridgehead atoms. The van der Waals surface area contributed by atoms with E-state index in [1.165, 1.54) is 17.1 Å². The fraction of sp³-hybridized carbons (Fsp3) is 0.235. The molecule has 1 saturated heterocycles. The molecule has 0 spiro atoms. The Hall–Kier alpha value is -1.04. The van der Waals surface area contributed by atoms with Crippen LogP contribution in [0.5, 0.6) is 0 Å². The lowest BCUT2D eigenvalue weighted by Crippen LogP contribution is -2.11. The van der Waals surface area contributed by atoms with Crippen LogP contribution in [0.3, 0.4) is 0 Å². The highest BCUT2D eigenvalue weighted by Gasteiger charge is 2.18. The highest BCUT2D eigenvalue weighted by molar-refractivity contribution is 8.19. The Labute approximate surface area is 143 Å². The average Bonchev–Trinajstić information content (AvgIpc) is 3.09. The second kappa shape index (κ2) is 7.49. The first kappa shape index (κ1) is 15.8. The van der Waals surface area contributed by atoms with Crippen molar-refractivity contribution in [2.24, 2.45) is 0 Å². The van der Waals surface area contributed by atoms with Crippen molar-refractivity contribution >= 4 is 46.9 Å². The second-order valence-electron chi connectivity index (χ2n) is 4.88. The lowest BCUT2D eigenvalue weighted by atomic mass is 10.1. The van der Waals surface area contributed by atoms with Crippen LogP contribution in [0, 0.1) is 0 Å². The van der Waals surface area contributed by atoms with Crippen LogP contribution >= 0.6 is 35.3 Å². The minimum Gasteiger partial charge on any atom is -0.322 e. The maximum absolute atomic E-state index is 12.3. The lowest BCUT2D eigenvalue weighted by molar-refractivity contribution is 0.102. The zero-order valence-corrected chi connectivity index (χ0v) is 14.7. The summed E-state index contributed by atoms with van der Waals surface area (Å²) in [7, 11) is 0. The van der Waals surface area contributed by atoms with E-state index < -0.39 is 0 Å². The van der Waals surface area contributed by atoms with Gasteiger partial charge in [-0.1, -0.05) is 18.2 Å². The van der Waals surface area contributed by atoms with E-state index in [9.17, 15) is 4.79 Å². The van der Waals surface area contributed by atoms with Gasteiger partial charge in [0, 0.05) is 27.7 Å². The molecule has 1 amide bonds. The highest BCUT2D eigenvalue weighted by atomic mass is 32.2. The van der Waals surface area contributed by atoms with Gasteiger partial charge in [0.1, 0.15) is 0 Å². The molecule has 3 rings (SSSR count). The number of thioether (sulfide) groups is 3. The fourth-order valence-corrected chi connectivity index (χ4v) is 5.57. The number of rotatable bonds is 4. The Kier molecular flexibility index (Phi) is 5.39. The van der Waals surface area contributed by atoms with E-state index in [0.29, 0.717) is 10.1 Å². The highest BCUT2D eigenvalue weighted by Crippen LogP contribution is 2.45. The van der Waals surface area contributed by atoms with Crippen LogP contribution in [0.4, 0.5) is 5.69 Å². The quantitative estimate of drug-likeness (QED) is 0.776. The summed E-state index contributed by atoms with van der Waals surface area (Å²) in [5.74, 6) is 2.36.